The first-order valence-electron chi connectivity index (χ1n) is 10.4. The molecule has 0 atom stereocenters. The van der Waals surface area contributed by atoms with Crippen LogP contribution in [0.5, 0.6) is 5.75 Å². The maximum Gasteiger partial charge on any atom is 0.573 e. The van der Waals surface area contributed by atoms with E-state index in [1.165, 1.54) is 10.6 Å². The van der Waals surface area contributed by atoms with Crippen molar-refractivity contribution in [3.05, 3.63) is 51.4 Å². The van der Waals surface area contributed by atoms with Gasteiger partial charge < -0.3 is 9.30 Å². The summed E-state index contributed by atoms with van der Waals surface area (Å²) < 4.78 is 45.2. The predicted molar refractivity (Wildman–Crippen MR) is 112 cm³/mol. The summed E-state index contributed by atoms with van der Waals surface area (Å²) in [5.74, 6) is 0.522. The van der Waals surface area contributed by atoms with Crippen molar-refractivity contribution in [3.63, 3.8) is 0 Å². The maximum atomic E-state index is 13.1. The zero-order valence-electron chi connectivity index (χ0n) is 18.0. The lowest BCUT2D eigenvalue weighted by Crippen LogP contribution is -2.33. The molecule has 1 saturated heterocycles. The molecule has 0 amide bonds. The first kappa shape index (κ1) is 22.4. The highest BCUT2D eigenvalue weighted by molar-refractivity contribution is 5.69. The molecule has 2 aromatic rings. The SMILES string of the molecule is CCC1CCN(Cc2ccc(-c3cn(C)c(=O)c(C)c3C)cc2OC(F)(F)F)CC1. The minimum atomic E-state index is -4.77. The molecule has 1 aliphatic rings. The summed E-state index contributed by atoms with van der Waals surface area (Å²) in [6.07, 6.45) is 0.175. The minimum absolute atomic E-state index is 0.116. The number of alkyl halides is 3. The number of rotatable bonds is 5. The van der Waals surface area contributed by atoms with Crippen LogP contribution >= 0.6 is 0 Å². The molecule has 1 fully saturated rings. The number of ether oxygens (including phenoxy) is 1. The molecular weight excluding hydrogens is 393 g/mol. The van der Waals surface area contributed by atoms with Crippen molar-refractivity contribution in [2.24, 2.45) is 13.0 Å². The molecule has 1 aromatic heterocycles. The van der Waals surface area contributed by atoms with Gasteiger partial charge in [-0.25, -0.2) is 0 Å². The van der Waals surface area contributed by atoms with Crippen LogP contribution in [-0.4, -0.2) is 28.9 Å². The monoisotopic (exact) mass is 422 g/mol. The van der Waals surface area contributed by atoms with Gasteiger partial charge in [0.25, 0.3) is 5.56 Å². The van der Waals surface area contributed by atoms with E-state index < -0.39 is 6.36 Å². The summed E-state index contributed by atoms with van der Waals surface area (Å²) in [5, 5.41) is 0. The number of hydrogen-bond acceptors (Lipinski definition) is 3. The summed E-state index contributed by atoms with van der Waals surface area (Å²) in [6, 6.07) is 4.96. The number of likely N-dealkylation sites (tertiary alicyclic amines) is 1. The highest BCUT2D eigenvalue weighted by atomic mass is 19.4. The Morgan fingerprint density at radius 1 is 1.13 bits per heavy atom. The highest BCUT2D eigenvalue weighted by Gasteiger charge is 2.32. The normalized spacial score (nSPS) is 16.1. The molecule has 0 bridgehead atoms. The van der Waals surface area contributed by atoms with E-state index in [1.54, 1.807) is 26.2 Å². The number of aromatic nitrogens is 1. The Balaban J connectivity index is 1.95. The van der Waals surface area contributed by atoms with E-state index in [2.05, 4.69) is 16.6 Å². The van der Waals surface area contributed by atoms with Crippen LogP contribution in [0.1, 0.15) is 42.9 Å². The van der Waals surface area contributed by atoms with Crippen LogP contribution in [0.25, 0.3) is 11.1 Å². The topological polar surface area (TPSA) is 34.5 Å². The van der Waals surface area contributed by atoms with Crippen LogP contribution in [0.2, 0.25) is 0 Å². The van der Waals surface area contributed by atoms with Gasteiger partial charge in [-0.1, -0.05) is 25.5 Å². The molecule has 164 valence electrons. The molecule has 3 rings (SSSR count). The highest BCUT2D eigenvalue weighted by Crippen LogP contribution is 2.34. The molecule has 7 heteroatoms. The Morgan fingerprint density at radius 2 is 1.80 bits per heavy atom. The van der Waals surface area contributed by atoms with Gasteiger partial charge in [0.1, 0.15) is 5.75 Å². The maximum absolute atomic E-state index is 13.1. The predicted octanol–water partition coefficient (Wildman–Crippen LogP) is 5.19. The average molecular weight is 422 g/mol. The van der Waals surface area contributed by atoms with Gasteiger partial charge in [0.15, 0.2) is 0 Å². The molecule has 0 unspecified atom stereocenters. The van der Waals surface area contributed by atoms with Crippen LogP contribution in [0.3, 0.4) is 0 Å². The van der Waals surface area contributed by atoms with Gasteiger partial charge >= 0.3 is 6.36 Å². The molecule has 0 aliphatic carbocycles. The van der Waals surface area contributed by atoms with Crippen molar-refractivity contribution in [2.75, 3.05) is 13.1 Å². The molecule has 2 heterocycles. The Morgan fingerprint density at radius 3 is 2.40 bits per heavy atom. The fraction of sp³-hybridized carbons (Fsp3) is 0.522. The lowest BCUT2D eigenvalue weighted by Gasteiger charge is -2.32. The van der Waals surface area contributed by atoms with Crippen LogP contribution in [0.4, 0.5) is 13.2 Å². The van der Waals surface area contributed by atoms with Gasteiger partial charge in [0.05, 0.1) is 0 Å². The Bertz CT molecular complexity index is 958. The van der Waals surface area contributed by atoms with Crippen LogP contribution in [0, 0.1) is 19.8 Å². The molecule has 4 nitrogen and oxygen atoms in total. The second-order valence-electron chi connectivity index (χ2n) is 8.21. The fourth-order valence-corrected chi connectivity index (χ4v) is 4.13. The third kappa shape index (κ3) is 5.06. The Kier molecular flexibility index (Phi) is 6.60. The van der Waals surface area contributed by atoms with Crippen LogP contribution in [-0.2, 0) is 13.6 Å². The standard InChI is InChI=1S/C23H29F3N2O2/c1-5-17-8-10-28(11-9-17)13-19-7-6-18(12-21(19)30-23(24,25)26)20-14-27(4)22(29)16(3)15(20)2/h6-7,12,14,17H,5,8-11,13H2,1-4H3. The van der Waals surface area contributed by atoms with E-state index in [0.717, 1.165) is 43.5 Å². The number of aryl methyl sites for hydroxylation is 1. The smallest absolute Gasteiger partial charge is 0.405 e. The van der Waals surface area contributed by atoms with E-state index >= 15 is 0 Å². The summed E-state index contributed by atoms with van der Waals surface area (Å²) in [5.41, 5.74) is 3.05. The summed E-state index contributed by atoms with van der Waals surface area (Å²) in [6.45, 7) is 7.89. The largest absolute Gasteiger partial charge is 0.573 e. The van der Waals surface area contributed by atoms with Crippen molar-refractivity contribution in [1.82, 2.24) is 9.47 Å². The summed E-state index contributed by atoms with van der Waals surface area (Å²) in [4.78, 5) is 14.3. The van der Waals surface area contributed by atoms with Crippen LogP contribution in [0.15, 0.2) is 29.2 Å². The zero-order chi connectivity index (χ0) is 22.1. The summed E-state index contributed by atoms with van der Waals surface area (Å²) in [7, 11) is 1.64. The zero-order valence-corrected chi connectivity index (χ0v) is 18.0. The van der Waals surface area contributed by atoms with E-state index in [1.807, 2.05) is 13.0 Å². The quantitative estimate of drug-likeness (QED) is 0.665. The molecular formula is C23H29F3N2O2. The Hall–Kier alpha value is -2.28. The first-order valence-corrected chi connectivity index (χ1v) is 10.4. The summed E-state index contributed by atoms with van der Waals surface area (Å²) >= 11 is 0. The number of pyridine rings is 1. The number of hydrogen-bond donors (Lipinski definition) is 0. The van der Waals surface area contributed by atoms with E-state index in [9.17, 15) is 18.0 Å². The minimum Gasteiger partial charge on any atom is -0.405 e. The van der Waals surface area contributed by atoms with E-state index in [-0.39, 0.29) is 11.3 Å². The first-order chi connectivity index (χ1) is 14.1. The molecule has 0 spiro atoms. The second kappa shape index (κ2) is 8.84. The number of nitrogens with zero attached hydrogens (tertiary/aromatic N) is 2. The molecule has 1 aliphatic heterocycles. The third-order valence-corrected chi connectivity index (χ3v) is 6.21. The van der Waals surface area contributed by atoms with Crippen molar-refractivity contribution in [1.29, 1.82) is 0 Å². The lowest BCUT2D eigenvalue weighted by atomic mass is 9.94. The van der Waals surface area contributed by atoms with Gasteiger partial charge in [0, 0.05) is 36.5 Å². The van der Waals surface area contributed by atoms with Gasteiger partial charge in [0.2, 0.25) is 0 Å². The molecule has 30 heavy (non-hydrogen) atoms. The van der Waals surface area contributed by atoms with Crippen molar-refractivity contribution in [2.45, 2.75) is 52.9 Å². The number of halogens is 3. The van der Waals surface area contributed by atoms with E-state index in [4.69, 9.17) is 0 Å². The van der Waals surface area contributed by atoms with E-state index in [0.29, 0.717) is 29.2 Å². The molecule has 0 N–H and O–H groups in total. The average Bonchev–Trinajstić information content (AvgIpc) is 2.70. The number of piperidine rings is 1. The van der Waals surface area contributed by atoms with Gasteiger partial charge in [-0.05, 0) is 62.9 Å². The van der Waals surface area contributed by atoms with Crippen molar-refractivity contribution < 1.29 is 17.9 Å². The molecule has 0 radical (unpaired) electrons. The molecule has 1 aromatic carbocycles. The lowest BCUT2D eigenvalue weighted by molar-refractivity contribution is -0.275. The van der Waals surface area contributed by atoms with Gasteiger partial charge in [-0.3, -0.25) is 9.69 Å². The number of benzene rings is 1. The van der Waals surface area contributed by atoms with Crippen molar-refractivity contribution in [3.8, 4) is 16.9 Å². The Labute approximate surface area is 175 Å². The third-order valence-electron chi connectivity index (χ3n) is 6.21. The van der Waals surface area contributed by atoms with Crippen LogP contribution < -0.4 is 10.3 Å². The van der Waals surface area contributed by atoms with Crippen molar-refractivity contribution >= 4 is 0 Å². The van der Waals surface area contributed by atoms with Gasteiger partial charge in [-0.2, -0.15) is 0 Å². The second-order valence-corrected chi connectivity index (χ2v) is 8.21. The fourth-order valence-electron chi connectivity index (χ4n) is 4.13. The molecule has 0 saturated carbocycles. The van der Waals surface area contributed by atoms with Gasteiger partial charge in [-0.15, -0.1) is 13.2 Å².